The lowest BCUT2D eigenvalue weighted by molar-refractivity contribution is -0.143. The van der Waals surface area contributed by atoms with Gasteiger partial charge < -0.3 is 30.3 Å². The molecule has 0 aliphatic rings. The highest BCUT2D eigenvalue weighted by Crippen LogP contribution is 2.00. The van der Waals surface area contributed by atoms with Gasteiger partial charge in [-0.25, -0.2) is 0 Å². The van der Waals surface area contributed by atoms with E-state index in [4.69, 9.17) is 25.5 Å². The van der Waals surface area contributed by atoms with Gasteiger partial charge in [0, 0.05) is 6.92 Å². The molecule has 0 unspecified atom stereocenters. The van der Waals surface area contributed by atoms with E-state index >= 15 is 0 Å². The number of esters is 1. The number of unbranched alkanes of at least 4 members (excludes halogenated alkanes) is 1. The second-order valence-electron chi connectivity index (χ2n) is 4.00. The predicted octanol–water partition coefficient (Wildman–Crippen LogP) is -2.03. The predicted molar refractivity (Wildman–Crippen MR) is 68.7 cm³/mol. The minimum absolute atomic E-state index is 0.182. The van der Waals surface area contributed by atoms with E-state index in [2.05, 4.69) is 11.7 Å². The lowest BCUT2D eigenvalue weighted by atomic mass is 10.1. The van der Waals surface area contributed by atoms with E-state index in [1.807, 2.05) is 0 Å². The summed E-state index contributed by atoms with van der Waals surface area (Å²) in [5.41, 5.74) is 0. The molecule has 20 heavy (non-hydrogen) atoms. The summed E-state index contributed by atoms with van der Waals surface area (Å²) in [4.78, 5) is 20.6. The monoisotopic (exact) mass is 296 g/mol. The fourth-order valence-corrected chi connectivity index (χ4v) is 0.963. The van der Waals surface area contributed by atoms with Crippen LogP contribution in [0.15, 0.2) is 0 Å². The van der Waals surface area contributed by atoms with Crippen LogP contribution in [-0.4, -0.2) is 75.4 Å². The van der Waals surface area contributed by atoms with Gasteiger partial charge in [-0.15, -0.1) is 0 Å². The Balaban J connectivity index is 0. The second-order valence-corrected chi connectivity index (χ2v) is 4.00. The molecule has 0 amide bonds. The first-order valence-electron chi connectivity index (χ1n) is 6.23. The third kappa shape index (κ3) is 10.8. The van der Waals surface area contributed by atoms with Crippen LogP contribution in [0.25, 0.3) is 0 Å². The summed E-state index contributed by atoms with van der Waals surface area (Å²) in [7, 11) is 0. The summed E-state index contributed by atoms with van der Waals surface area (Å²) < 4.78 is 4.64. The smallest absolute Gasteiger partial charge is 0.302 e. The van der Waals surface area contributed by atoms with Crippen LogP contribution in [0, 0.1) is 0 Å². The van der Waals surface area contributed by atoms with Crippen LogP contribution in [0.2, 0.25) is 0 Å². The van der Waals surface area contributed by atoms with Crippen LogP contribution in [-0.2, 0) is 14.3 Å². The fraction of sp³-hybridized carbons (Fsp3) is 0.833. The normalized spacial score (nSPS) is 14.6. The van der Waals surface area contributed by atoms with Crippen LogP contribution in [0.5, 0.6) is 0 Å². The van der Waals surface area contributed by atoms with E-state index in [1.54, 1.807) is 0 Å². The lowest BCUT2D eigenvalue weighted by Gasteiger charge is -2.19. The zero-order valence-corrected chi connectivity index (χ0v) is 11.7. The zero-order valence-electron chi connectivity index (χ0n) is 11.7. The minimum Gasteiger partial charge on any atom is -0.466 e. The molecule has 120 valence electrons. The summed E-state index contributed by atoms with van der Waals surface area (Å²) in [5, 5.41) is 43.1. The van der Waals surface area contributed by atoms with Crippen molar-refractivity contribution in [1.82, 2.24) is 0 Å². The van der Waals surface area contributed by atoms with Gasteiger partial charge in [-0.05, 0) is 6.42 Å². The number of carbonyl (C=O) groups is 2. The molecule has 0 spiro atoms. The molecule has 0 aliphatic carbocycles. The van der Waals surface area contributed by atoms with E-state index in [0.717, 1.165) is 12.8 Å². The van der Waals surface area contributed by atoms with Crippen molar-refractivity contribution in [3.05, 3.63) is 0 Å². The van der Waals surface area contributed by atoms with Crippen LogP contribution >= 0.6 is 0 Å². The molecule has 8 nitrogen and oxygen atoms in total. The first-order valence-corrected chi connectivity index (χ1v) is 6.23. The Kier molecular flexibility index (Phi) is 13.8. The molecule has 0 saturated carbocycles. The molecule has 0 rings (SSSR count). The molecule has 0 aliphatic heterocycles. The number of hydrogen-bond donors (Lipinski definition) is 5. The topological polar surface area (TPSA) is 145 Å². The minimum atomic E-state index is -1.86. The third-order valence-corrected chi connectivity index (χ3v) is 2.19. The number of ketones is 1. The molecule has 0 saturated heterocycles. The van der Waals surface area contributed by atoms with Crippen LogP contribution in [0.1, 0.15) is 26.7 Å². The third-order valence-electron chi connectivity index (χ3n) is 2.19. The number of carbonyl (C=O) groups excluding carboxylic acids is 2. The van der Waals surface area contributed by atoms with E-state index in [9.17, 15) is 9.59 Å². The lowest BCUT2D eigenvalue weighted by Crippen LogP contribution is -2.44. The summed E-state index contributed by atoms with van der Waals surface area (Å²) in [6, 6.07) is 0. The van der Waals surface area contributed by atoms with Gasteiger partial charge in [0.2, 0.25) is 0 Å². The van der Waals surface area contributed by atoms with Crippen molar-refractivity contribution in [1.29, 1.82) is 0 Å². The van der Waals surface area contributed by atoms with Gasteiger partial charge in [-0.1, -0.05) is 13.3 Å². The average molecular weight is 296 g/mol. The van der Waals surface area contributed by atoms with Crippen molar-refractivity contribution >= 4 is 11.8 Å². The van der Waals surface area contributed by atoms with Crippen molar-refractivity contribution in [3.63, 3.8) is 0 Å². The van der Waals surface area contributed by atoms with Crippen molar-refractivity contribution in [2.45, 2.75) is 45.0 Å². The molecule has 0 aromatic heterocycles. The first-order chi connectivity index (χ1) is 9.31. The van der Waals surface area contributed by atoms with Gasteiger partial charge in [0.25, 0.3) is 0 Å². The average Bonchev–Trinajstić information content (AvgIpc) is 2.44. The van der Waals surface area contributed by atoms with E-state index < -0.39 is 37.3 Å². The van der Waals surface area contributed by atoms with Crippen LogP contribution in [0.3, 0.4) is 0 Å². The highest BCUT2D eigenvalue weighted by molar-refractivity contribution is 5.84. The molecule has 5 N–H and O–H groups in total. The summed E-state index contributed by atoms with van der Waals surface area (Å²) in [6.45, 7) is 2.37. The number of aliphatic hydroxyl groups excluding tert-OH is 5. The molecule has 3 atom stereocenters. The first kappa shape index (κ1) is 21.2. The maximum Gasteiger partial charge on any atom is 0.302 e. The van der Waals surface area contributed by atoms with Gasteiger partial charge in [-0.3, -0.25) is 9.59 Å². The number of aliphatic hydroxyl groups is 5. The van der Waals surface area contributed by atoms with E-state index in [0.29, 0.717) is 6.61 Å². The maximum absolute atomic E-state index is 10.5. The van der Waals surface area contributed by atoms with Gasteiger partial charge in [0.15, 0.2) is 5.78 Å². The quantitative estimate of drug-likeness (QED) is 0.255. The molecule has 0 heterocycles. The van der Waals surface area contributed by atoms with Crippen molar-refractivity contribution in [2.24, 2.45) is 0 Å². The van der Waals surface area contributed by atoms with Gasteiger partial charge in [0.05, 0.1) is 13.2 Å². The second kappa shape index (κ2) is 12.9. The summed E-state index contributed by atoms with van der Waals surface area (Å²) >= 11 is 0. The van der Waals surface area contributed by atoms with E-state index in [-0.39, 0.29) is 5.97 Å². The highest BCUT2D eigenvalue weighted by atomic mass is 16.5. The van der Waals surface area contributed by atoms with Crippen molar-refractivity contribution in [3.8, 4) is 0 Å². The van der Waals surface area contributed by atoms with Crippen molar-refractivity contribution in [2.75, 3.05) is 19.8 Å². The Morgan fingerprint density at radius 1 is 1.15 bits per heavy atom. The van der Waals surface area contributed by atoms with Crippen LogP contribution in [0.4, 0.5) is 0 Å². The van der Waals surface area contributed by atoms with Gasteiger partial charge in [0.1, 0.15) is 24.9 Å². The Morgan fingerprint density at radius 2 is 1.70 bits per heavy atom. The Bertz CT molecular complexity index is 268. The Morgan fingerprint density at radius 3 is 2.05 bits per heavy atom. The standard InChI is InChI=1S/C6H12O6.C6H12O2/c7-1-3(9)5(11)6(12)4(10)2-8;1-3-4-5-8-6(2)7/h3,5-9,11-12H,1-2H2;3-5H2,1-2H3/t3-,5+,6+;/m1./s1. The Labute approximate surface area is 117 Å². The molecular weight excluding hydrogens is 272 g/mol. The zero-order chi connectivity index (χ0) is 16.1. The molecule has 0 aromatic carbocycles. The Hall–Kier alpha value is -1.06. The molecular formula is C12H24O8. The number of ether oxygens (including phenoxy) is 1. The molecule has 0 aromatic rings. The van der Waals surface area contributed by atoms with Gasteiger partial charge in [-0.2, -0.15) is 0 Å². The molecule has 0 bridgehead atoms. The van der Waals surface area contributed by atoms with Crippen molar-refractivity contribution < 1.29 is 39.9 Å². The van der Waals surface area contributed by atoms with E-state index in [1.165, 1.54) is 6.92 Å². The maximum atomic E-state index is 10.5. The summed E-state index contributed by atoms with van der Waals surface area (Å²) in [6.07, 6.45) is -3.17. The largest absolute Gasteiger partial charge is 0.466 e. The number of Topliss-reactive ketones (excluding diaryl/α,β-unsaturated/α-hetero) is 1. The SMILES string of the molecule is CCCCOC(C)=O.O=C(CO)[C@H](O)[C@@H](O)[C@H](O)CO. The van der Waals surface area contributed by atoms with Crippen LogP contribution < -0.4 is 0 Å². The molecule has 0 fully saturated rings. The summed E-state index contributed by atoms with van der Waals surface area (Å²) in [5.74, 6) is -1.19. The molecule has 0 radical (unpaired) electrons. The highest BCUT2D eigenvalue weighted by Gasteiger charge is 2.28. The van der Waals surface area contributed by atoms with Gasteiger partial charge >= 0.3 is 5.97 Å². The number of hydrogen-bond acceptors (Lipinski definition) is 8. The molecule has 8 heteroatoms. The number of rotatable bonds is 8. The fourth-order valence-electron chi connectivity index (χ4n) is 0.963.